The molecule has 0 bridgehead atoms. The first kappa shape index (κ1) is 11.4. The lowest BCUT2D eigenvalue weighted by atomic mass is 10.2. The molecule has 0 spiro atoms. The van der Waals surface area contributed by atoms with Crippen molar-refractivity contribution < 1.29 is 8.42 Å². The molecule has 0 aromatic heterocycles. The Hall–Kier alpha value is -1.09. The van der Waals surface area contributed by atoms with Gasteiger partial charge in [-0.15, -0.1) is 0 Å². The van der Waals surface area contributed by atoms with Crippen molar-refractivity contribution in [1.29, 1.82) is 0 Å². The van der Waals surface area contributed by atoms with Crippen LogP contribution in [0.4, 0.5) is 0 Å². The Balaban J connectivity index is 2.40. The first-order valence-corrected chi connectivity index (χ1v) is 7.01. The summed E-state index contributed by atoms with van der Waals surface area (Å²) in [5.41, 5.74) is 1.08. The second-order valence-corrected chi connectivity index (χ2v) is 6.47. The molecule has 0 amide bonds. The highest BCUT2D eigenvalue weighted by molar-refractivity contribution is 7.95. The maximum absolute atomic E-state index is 12.2. The van der Waals surface area contributed by atoms with Crippen LogP contribution in [0.15, 0.2) is 40.1 Å². The van der Waals surface area contributed by atoms with Crippen LogP contribution in [0.25, 0.3) is 0 Å². The van der Waals surface area contributed by atoms with Crippen LogP contribution in [0, 0.1) is 12.8 Å². The van der Waals surface area contributed by atoms with Crippen molar-refractivity contribution in [3.8, 4) is 0 Å². The van der Waals surface area contributed by atoms with Gasteiger partial charge in [-0.2, -0.15) is 0 Å². The number of sulfone groups is 1. The predicted octanol–water partition coefficient (Wildman–Crippen LogP) is 3.08. The Morgan fingerprint density at radius 1 is 1.19 bits per heavy atom. The maximum atomic E-state index is 12.2. The third-order valence-electron chi connectivity index (χ3n) is 2.99. The number of hydrogen-bond acceptors (Lipinski definition) is 2. The minimum absolute atomic E-state index is 0.384. The topological polar surface area (TPSA) is 34.1 Å². The largest absolute Gasteiger partial charge is 0.219 e. The van der Waals surface area contributed by atoms with E-state index in [9.17, 15) is 8.42 Å². The Labute approximate surface area is 96.9 Å². The number of rotatable bonds is 2. The number of aryl methyl sites for hydroxylation is 1. The van der Waals surface area contributed by atoms with Crippen molar-refractivity contribution in [2.75, 3.05) is 0 Å². The van der Waals surface area contributed by atoms with Gasteiger partial charge in [0.05, 0.1) is 4.90 Å². The Morgan fingerprint density at radius 3 is 2.31 bits per heavy atom. The lowest BCUT2D eigenvalue weighted by Crippen LogP contribution is -2.02. The summed E-state index contributed by atoms with van der Waals surface area (Å²) in [6.07, 6.45) is 3.51. The van der Waals surface area contributed by atoms with Crippen molar-refractivity contribution >= 4 is 9.84 Å². The van der Waals surface area contributed by atoms with Crippen molar-refractivity contribution in [3.05, 3.63) is 40.8 Å². The van der Waals surface area contributed by atoms with E-state index in [-0.39, 0.29) is 0 Å². The average Bonchev–Trinajstić information content (AvgIpc) is 2.66. The maximum Gasteiger partial charge on any atom is 0.202 e. The first-order valence-electron chi connectivity index (χ1n) is 5.52. The molecule has 1 aromatic rings. The first-order chi connectivity index (χ1) is 7.50. The van der Waals surface area contributed by atoms with E-state index in [1.165, 1.54) is 0 Å². The van der Waals surface area contributed by atoms with Crippen molar-refractivity contribution in [3.63, 3.8) is 0 Å². The Morgan fingerprint density at radius 2 is 1.81 bits per heavy atom. The van der Waals surface area contributed by atoms with Crippen LogP contribution in [0.3, 0.4) is 0 Å². The van der Waals surface area contributed by atoms with Gasteiger partial charge in [0, 0.05) is 4.91 Å². The summed E-state index contributed by atoms with van der Waals surface area (Å²) in [6, 6.07) is 7.06. The third-order valence-corrected chi connectivity index (χ3v) is 4.92. The fraction of sp³-hybridized carbons (Fsp3) is 0.385. The highest BCUT2D eigenvalue weighted by Crippen LogP contribution is 2.31. The zero-order chi connectivity index (χ0) is 11.8. The van der Waals surface area contributed by atoms with Gasteiger partial charge in [0.25, 0.3) is 0 Å². The lowest BCUT2D eigenvalue weighted by molar-refractivity contribution is 0.600. The monoisotopic (exact) mass is 236 g/mol. The second kappa shape index (κ2) is 4.06. The minimum atomic E-state index is -3.23. The zero-order valence-corrected chi connectivity index (χ0v) is 10.4. The summed E-state index contributed by atoms with van der Waals surface area (Å²) in [4.78, 5) is 1.00. The predicted molar refractivity (Wildman–Crippen MR) is 64.8 cm³/mol. The molecule has 0 radical (unpaired) electrons. The molecule has 0 saturated heterocycles. The number of benzene rings is 1. The van der Waals surface area contributed by atoms with Gasteiger partial charge in [-0.05, 0) is 37.8 Å². The molecule has 0 N–H and O–H groups in total. The Kier molecular flexibility index (Phi) is 2.89. The van der Waals surface area contributed by atoms with Gasteiger partial charge in [0.15, 0.2) is 0 Å². The van der Waals surface area contributed by atoms with Crippen LogP contribution in [0.2, 0.25) is 0 Å². The Bertz CT molecular complexity index is 509. The molecular formula is C13H16O2S. The van der Waals surface area contributed by atoms with Gasteiger partial charge in [-0.25, -0.2) is 8.42 Å². The van der Waals surface area contributed by atoms with Crippen molar-refractivity contribution in [1.82, 2.24) is 0 Å². The van der Waals surface area contributed by atoms with Crippen molar-refractivity contribution in [2.45, 2.75) is 31.6 Å². The molecule has 1 unspecified atom stereocenters. The lowest BCUT2D eigenvalue weighted by Gasteiger charge is -2.05. The smallest absolute Gasteiger partial charge is 0.202 e. The van der Waals surface area contributed by atoms with E-state index in [0.29, 0.717) is 22.1 Å². The fourth-order valence-electron chi connectivity index (χ4n) is 1.95. The summed E-state index contributed by atoms with van der Waals surface area (Å²) in [5, 5.41) is 0. The summed E-state index contributed by atoms with van der Waals surface area (Å²) in [6.45, 7) is 4.00. The van der Waals surface area contributed by atoms with Crippen LogP contribution >= 0.6 is 0 Å². The van der Waals surface area contributed by atoms with E-state index in [0.717, 1.165) is 12.0 Å². The third kappa shape index (κ3) is 2.05. The van der Waals surface area contributed by atoms with Crippen LogP contribution in [0.1, 0.15) is 25.3 Å². The van der Waals surface area contributed by atoms with E-state index in [4.69, 9.17) is 0 Å². The molecule has 1 aliphatic carbocycles. The van der Waals surface area contributed by atoms with Gasteiger partial charge in [0.2, 0.25) is 9.84 Å². The summed E-state index contributed by atoms with van der Waals surface area (Å²) in [7, 11) is -3.23. The van der Waals surface area contributed by atoms with Crippen LogP contribution in [-0.4, -0.2) is 8.42 Å². The highest BCUT2D eigenvalue weighted by Gasteiger charge is 2.24. The SMILES string of the molecule is Cc1ccc(S(=O)(=O)C2=CC(C)CC2)cc1. The molecule has 1 aliphatic rings. The molecule has 3 heteroatoms. The summed E-state index contributed by atoms with van der Waals surface area (Å²) < 4.78 is 24.4. The quantitative estimate of drug-likeness (QED) is 0.790. The van der Waals surface area contributed by atoms with E-state index >= 15 is 0 Å². The molecule has 16 heavy (non-hydrogen) atoms. The van der Waals surface area contributed by atoms with E-state index in [1.54, 1.807) is 12.1 Å². The summed E-state index contributed by atoms with van der Waals surface area (Å²) in [5.74, 6) is 0.384. The number of allylic oxidation sites excluding steroid dienone is 2. The van der Waals surface area contributed by atoms with E-state index in [1.807, 2.05) is 25.1 Å². The van der Waals surface area contributed by atoms with Crippen molar-refractivity contribution in [2.24, 2.45) is 5.92 Å². The van der Waals surface area contributed by atoms with Crippen LogP contribution < -0.4 is 0 Å². The standard InChI is InChI=1S/C13H16O2S/c1-10-3-6-12(7-4-10)16(14,15)13-8-5-11(2)9-13/h3-4,6-7,9,11H,5,8H2,1-2H3. The highest BCUT2D eigenvalue weighted by atomic mass is 32.2. The van der Waals surface area contributed by atoms with Crippen LogP contribution in [0.5, 0.6) is 0 Å². The molecule has 0 aliphatic heterocycles. The van der Waals surface area contributed by atoms with E-state index in [2.05, 4.69) is 6.92 Å². The molecule has 0 heterocycles. The average molecular weight is 236 g/mol. The normalized spacial score (nSPS) is 20.9. The molecule has 86 valence electrons. The van der Waals surface area contributed by atoms with Gasteiger partial charge < -0.3 is 0 Å². The minimum Gasteiger partial charge on any atom is -0.219 e. The number of hydrogen-bond donors (Lipinski definition) is 0. The molecule has 2 rings (SSSR count). The van der Waals surface area contributed by atoms with Gasteiger partial charge >= 0.3 is 0 Å². The molecule has 0 saturated carbocycles. The van der Waals surface area contributed by atoms with Gasteiger partial charge in [0.1, 0.15) is 0 Å². The van der Waals surface area contributed by atoms with Gasteiger partial charge in [-0.3, -0.25) is 0 Å². The second-order valence-electron chi connectivity index (χ2n) is 4.47. The fourth-order valence-corrected chi connectivity index (χ4v) is 3.54. The molecular weight excluding hydrogens is 220 g/mol. The van der Waals surface area contributed by atoms with E-state index < -0.39 is 9.84 Å². The molecule has 1 aromatic carbocycles. The molecule has 2 nitrogen and oxygen atoms in total. The molecule has 0 fully saturated rings. The van der Waals surface area contributed by atoms with Gasteiger partial charge in [-0.1, -0.05) is 30.7 Å². The summed E-state index contributed by atoms with van der Waals surface area (Å²) >= 11 is 0. The zero-order valence-electron chi connectivity index (χ0n) is 9.60. The van der Waals surface area contributed by atoms with Crippen LogP contribution in [-0.2, 0) is 9.84 Å². The molecule has 1 atom stereocenters.